The summed E-state index contributed by atoms with van der Waals surface area (Å²) in [4.78, 5) is 10.5. The first-order valence-electron chi connectivity index (χ1n) is 3.75. The van der Waals surface area contributed by atoms with Crippen LogP contribution < -0.4 is 0 Å². The number of hydrogen-bond acceptors (Lipinski definition) is 4. The lowest BCUT2D eigenvalue weighted by Crippen LogP contribution is -2.26. The molecule has 5 heteroatoms. The molecule has 1 unspecified atom stereocenters. The van der Waals surface area contributed by atoms with E-state index >= 15 is 0 Å². The van der Waals surface area contributed by atoms with Crippen molar-refractivity contribution in [3.63, 3.8) is 0 Å². The van der Waals surface area contributed by atoms with Gasteiger partial charge in [-0.25, -0.2) is 4.79 Å². The SMILES string of the molecule is CCOC(CSCCO)C(=O)O. The van der Waals surface area contributed by atoms with Gasteiger partial charge in [-0.2, -0.15) is 11.8 Å². The zero-order valence-electron chi connectivity index (χ0n) is 7.02. The summed E-state index contributed by atoms with van der Waals surface area (Å²) in [7, 11) is 0. The molecule has 0 aromatic rings. The lowest BCUT2D eigenvalue weighted by molar-refractivity contribution is -0.148. The first kappa shape index (κ1) is 11.7. The van der Waals surface area contributed by atoms with Gasteiger partial charge >= 0.3 is 5.97 Å². The third-order valence-electron chi connectivity index (χ3n) is 1.15. The minimum Gasteiger partial charge on any atom is -0.479 e. The summed E-state index contributed by atoms with van der Waals surface area (Å²) in [5.41, 5.74) is 0. The van der Waals surface area contributed by atoms with Crippen molar-refractivity contribution in [3.8, 4) is 0 Å². The molecule has 0 amide bonds. The largest absolute Gasteiger partial charge is 0.479 e. The van der Waals surface area contributed by atoms with Crippen LogP contribution in [0.15, 0.2) is 0 Å². The Morgan fingerprint density at radius 1 is 1.67 bits per heavy atom. The summed E-state index contributed by atoms with van der Waals surface area (Å²) < 4.78 is 4.95. The van der Waals surface area contributed by atoms with Crippen LogP contribution in [0.4, 0.5) is 0 Å². The summed E-state index contributed by atoms with van der Waals surface area (Å²) in [5.74, 6) is 0.00270. The average molecular weight is 194 g/mol. The van der Waals surface area contributed by atoms with E-state index in [1.807, 2.05) is 0 Å². The van der Waals surface area contributed by atoms with Gasteiger partial charge in [0.1, 0.15) is 0 Å². The number of ether oxygens (including phenoxy) is 1. The van der Waals surface area contributed by atoms with Crippen molar-refractivity contribution in [2.75, 3.05) is 24.7 Å². The Morgan fingerprint density at radius 3 is 2.75 bits per heavy atom. The number of carbonyl (C=O) groups is 1. The maximum Gasteiger partial charge on any atom is 0.333 e. The maximum atomic E-state index is 10.5. The Kier molecular flexibility index (Phi) is 7.23. The molecule has 0 saturated carbocycles. The predicted octanol–water partition coefficient (Wildman–Crippen LogP) is 0.202. The van der Waals surface area contributed by atoms with Crippen LogP contribution in [0.1, 0.15) is 6.92 Å². The molecule has 12 heavy (non-hydrogen) atoms. The van der Waals surface area contributed by atoms with Crippen molar-refractivity contribution >= 4 is 17.7 Å². The van der Waals surface area contributed by atoms with E-state index in [0.29, 0.717) is 18.1 Å². The van der Waals surface area contributed by atoms with Crippen molar-refractivity contribution < 1.29 is 19.7 Å². The third-order valence-corrected chi connectivity index (χ3v) is 2.16. The van der Waals surface area contributed by atoms with Gasteiger partial charge in [-0.15, -0.1) is 0 Å². The van der Waals surface area contributed by atoms with Crippen LogP contribution >= 0.6 is 11.8 Å². The van der Waals surface area contributed by atoms with Gasteiger partial charge < -0.3 is 14.9 Å². The van der Waals surface area contributed by atoms with Crippen molar-refractivity contribution in [2.45, 2.75) is 13.0 Å². The lowest BCUT2D eigenvalue weighted by Gasteiger charge is -2.10. The maximum absolute atomic E-state index is 10.5. The summed E-state index contributed by atoms with van der Waals surface area (Å²) >= 11 is 1.37. The number of aliphatic carboxylic acids is 1. The van der Waals surface area contributed by atoms with Crippen LogP contribution in [0, 0.1) is 0 Å². The zero-order chi connectivity index (χ0) is 9.40. The minimum absolute atomic E-state index is 0.0726. The van der Waals surface area contributed by atoms with E-state index in [2.05, 4.69) is 0 Å². The first-order chi connectivity index (χ1) is 5.72. The molecule has 0 saturated heterocycles. The third kappa shape index (κ3) is 5.40. The van der Waals surface area contributed by atoms with Crippen molar-refractivity contribution in [3.05, 3.63) is 0 Å². The molecule has 1 atom stereocenters. The molecule has 2 N–H and O–H groups in total. The Labute approximate surface area is 75.9 Å². The van der Waals surface area contributed by atoms with Gasteiger partial charge in [0.05, 0.1) is 6.61 Å². The van der Waals surface area contributed by atoms with Crippen LogP contribution in [0.5, 0.6) is 0 Å². The Hall–Kier alpha value is -0.260. The molecule has 0 heterocycles. The van der Waals surface area contributed by atoms with Gasteiger partial charge in [-0.05, 0) is 6.92 Å². The highest BCUT2D eigenvalue weighted by molar-refractivity contribution is 7.99. The van der Waals surface area contributed by atoms with Crippen LogP contribution in [0.25, 0.3) is 0 Å². The smallest absolute Gasteiger partial charge is 0.333 e. The van der Waals surface area contributed by atoms with Crippen LogP contribution in [0.2, 0.25) is 0 Å². The quantitative estimate of drug-likeness (QED) is 0.567. The van der Waals surface area contributed by atoms with Crippen LogP contribution in [0.3, 0.4) is 0 Å². The van der Waals surface area contributed by atoms with E-state index in [9.17, 15) is 4.79 Å². The number of hydrogen-bond donors (Lipinski definition) is 2. The minimum atomic E-state index is -0.942. The van der Waals surface area contributed by atoms with E-state index in [0.717, 1.165) is 0 Å². The Bertz CT molecular complexity index is 129. The first-order valence-corrected chi connectivity index (χ1v) is 4.90. The molecule has 0 aliphatic rings. The highest BCUT2D eigenvalue weighted by Crippen LogP contribution is 2.05. The standard InChI is InChI=1S/C7H14O4S/c1-2-11-6(7(9)10)5-12-4-3-8/h6,8H,2-5H2,1H3,(H,9,10). The van der Waals surface area contributed by atoms with Crippen molar-refractivity contribution in [1.29, 1.82) is 0 Å². The number of rotatable bonds is 7. The van der Waals surface area contributed by atoms with Gasteiger partial charge in [-0.1, -0.05) is 0 Å². The Balaban J connectivity index is 3.56. The van der Waals surface area contributed by atoms with E-state index in [-0.39, 0.29) is 6.61 Å². The molecule has 0 rings (SSSR count). The molecular formula is C7H14O4S. The molecule has 0 aliphatic carbocycles. The highest BCUT2D eigenvalue weighted by Gasteiger charge is 2.16. The topological polar surface area (TPSA) is 66.8 Å². The fourth-order valence-corrected chi connectivity index (χ4v) is 1.40. The monoisotopic (exact) mass is 194 g/mol. The van der Waals surface area contributed by atoms with Gasteiger partial charge in [0, 0.05) is 18.1 Å². The molecule has 0 aromatic carbocycles. The molecule has 0 spiro atoms. The Morgan fingerprint density at radius 2 is 2.33 bits per heavy atom. The van der Waals surface area contributed by atoms with Gasteiger partial charge in [-0.3, -0.25) is 0 Å². The second-order valence-corrected chi connectivity index (χ2v) is 3.23. The number of thioether (sulfide) groups is 1. The van der Waals surface area contributed by atoms with Crippen molar-refractivity contribution in [2.24, 2.45) is 0 Å². The van der Waals surface area contributed by atoms with Crippen LogP contribution in [-0.4, -0.2) is 47.0 Å². The van der Waals surface area contributed by atoms with Gasteiger partial charge in [0.2, 0.25) is 0 Å². The molecular weight excluding hydrogens is 180 g/mol. The lowest BCUT2D eigenvalue weighted by atomic mass is 10.4. The average Bonchev–Trinajstić information content (AvgIpc) is 2.03. The number of aliphatic hydroxyl groups excluding tert-OH is 1. The second-order valence-electron chi connectivity index (χ2n) is 2.08. The van der Waals surface area contributed by atoms with Crippen molar-refractivity contribution in [1.82, 2.24) is 0 Å². The summed E-state index contributed by atoms with van der Waals surface area (Å²) in [6.45, 7) is 2.23. The molecule has 0 fully saturated rings. The fraction of sp³-hybridized carbons (Fsp3) is 0.857. The fourth-order valence-electron chi connectivity index (χ4n) is 0.647. The van der Waals surface area contributed by atoms with E-state index in [1.54, 1.807) is 6.92 Å². The molecule has 0 aromatic heterocycles. The second kappa shape index (κ2) is 7.39. The summed E-state index contributed by atoms with van der Waals surface area (Å²) in [5, 5.41) is 17.0. The zero-order valence-corrected chi connectivity index (χ0v) is 7.84. The molecule has 0 radical (unpaired) electrons. The molecule has 72 valence electrons. The molecule has 0 aliphatic heterocycles. The van der Waals surface area contributed by atoms with E-state index in [1.165, 1.54) is 11.8 Å². The highest BCUT2D eigenvalue weighted by atomic mass is 32.2. The normalized spacial score (nSPS) is 12.8. The molecule has 4 nitrogen and oxygen atoms in total. The van der Waals surface area contributed by atoms with Crippen LogP contribution in [-0.2, 0) is 9.53 Å². The number of aliphatic hydroxyl groups is 1. The molecule has 0 bridgehead atoms. The summed E-state index contributed by atoms with van der Waals surface area (Å²) in [6.07, 6.45) is -0.744. The number of carboxylic acid groups (broad SMARTS) is 1. The number of carboxylic acids is 1. The summed E-state index contributed by atoms with van der Waals surface area (Å²) in [6, 6.07) is 0. The predicted molar refractivity (Wildman–Crippen MR) is 47.5 cm³/mol. The van der Waals surface area contributed by atoms with E-state index < -0.39 is 12.1 Å². The van der Waals surface area contributed by atoms with Gasteiger partial charge in [0.15, 0.2) is 6.10 Å². The van der Waals surface area contributed by atoms with Gasteiger partial charge in [0.25, 0.3) is 0 Å². The van der Waals surface area contributed by atoms with E-state index in [4.69, 9.17) is 14.9 Å².